The zero-order chi connectivity index (χ0) is 22.5. The fraction of sp³-hybridized carbons (Fsp3) is 0.643. The van der Waals surface area contributed by atoms with Gasteiger partial charge in [-0.2, -0.15) is 0 Å². The van der Waals surface area contributed by atoms with Crippen molar-refractivity contribution in [3.63, 3.8) is 0 Å². The number of hydrogen-bond acceptors (Lipinski definition) is 2. The predicted octanol–water partition coefficient (Wildman–Crippen LogP) is 8.08. The lowest BCUT2D eigenvalue weighted by Crippen LogP contribution is -2.45. The van der Waals surface area contributed by atoms with Crippen LogP contribution in [-0.2, 0) is 6.42 Å². The molecule has 1 aliphatic rings. The Morgan fingerprint density at radius 3 is 2.60 bits per heavy atom. The molecule has 168 valence electrons. The summed E-state index contributed by atoms with van der Waals surface area (Å²) in [6.07, 6.45) is 12.5. The van der Waals surface area contributed by atoms with E-state index in [0.717, 1.165) is 48.5 Å². The van der Waals surface area contributed by atoms with Crippen LogP contribution in [0.15, 0.2) is 30.4 Å². The largest absolute Gasteiger partial charge is 0.508 e. The predicted molar refractivity (Wildman–Crippen MR) is 129 cm³/mol. The molecule has 0 aliphatic carbocycles. The first kappa shape index (κ1) is 24.6. The van der Waals surface area contributed by atoms with Gasteiger partial charge < -0.3 is 9.84 Å². The highest BCUT2D eigenvalue weighted by molar-refractivity contribution is 5.53. The Kier molecular flexibility index (Phi) is 8.64. The van der Waals surface area contributed by atoms with E-state index in [1.807, 2.05) is 19.9 Å². The summed E-state index contributed by atoms with van der Waals surface area (Å²) in [5.41, 5.74) is 4.42. The smallest absolute Gasteiger partial charge is 0.126 e. The van der Waals surface area contributed by atoms with Crippen molar-refractivity contribution >= 4 is 0 Å². The van der Waals surface area contributed by atoms with Crippen LogP contribution in [0.2, 0.25) is 0 Å². The number of benzene rings is 1. The Morgan fingerprint density at radius 1 is 1.27 bits per heavy atom. The third-order valence-corrected chi connectivity index (χ3v) is 7.07. The van der Waals surface area contributed by atoms with Gasteiger partial charge in [0.05, 0.1) is 0 Å². The van der Waals surface area contributed by atoms with Gasteiger partial charge in [0, 0.05) is 11.5 Å². The quantitative estimate of drug-likeness (QED) is 0.393. The highest BCUT2D eigenvalue weighted by Gasteiger charge is 2.41. The summed E-state index contributed by atoms with van der Waals surface area (Å²) in [5, 5.41) is 10.2. The molecule has 0 aromatic heterocycles. The second-order valence-electron chi connectivity index (χ2n) is 10.2. The highest BCUT2D eigenvalue weighted by Crippen LogP contribution is 2.45. The molecule has 2 rings (SSSR count). The number of phenolic OH excluding ortho intramolecular Hbond substituents is 1. The van der Waals surface area contributed by atoms with Gasteiger partial charge in [-0.15, -0.1) is 6.58 Å². The van der Waals surface area contributed by atoms with Crippen LogP contribution in [0.1, 0.15) is 89.8 Å². The van der Waals surface area contributed by atoms with Gasteiger partial charge in [0.2, 0.25) is 0 Å². The van der Waals surface area contributed by atoms with Crippen molar-refractivity contribution in [2.45, 2.75) is 99.0 Å². The van der Waals surface area contributed by atoms with Gasteiger partial charge in [0.15, 0.2) is 0 Å². The molecule has 0 spiro atoms. The van der Waals surface area contributed by atoms with Gasteiger partial charge in [-0.05, 0) is 95.2 Å². The van der Waals surface area contributed by atoms with E-state index in [4.69, 9.17) is 4.74 Å². The maximum absolute atomic E-state index is 10.2. The SMILES string of the molecule is C=CC(C(C)CCC=C(C)CCCC(C)C)C1(C)CCc2c(C)c(O)cc(C)c2O1. The summed E-state index contributed by atoms with van der Waals surface area (Å²) in [6.45, 7) is 19.7. The number of ether oxygens (including phenoxy) is 1. The van der Waals surface area contributed by atoms with Crippen molar-refractivity contribution in [1.29, 1.82) is 0 Å². The number of aromatic hydroxyl groups is 1. The van der Waals surface area contributed by atoms with Crippen molar-refractivity contribution in [3.05, 3.63) is 47.1 Å². The maximum atomic E-state index is 10.2. The molecule has 0 saturated carbocycles. The molecule has 1 N–H and O–H groups in total. The van der Waals surface area contributed by atoms with E-state index >= 15 is 0 Å². The lowest BCUT2D eigenvalue weighted by Gasteiger charge is -2.44. The third-order valence-electron chi connectivity index (χ3n) is 7.07. The molecular weight excluding hydrogens is 368 g/mol. The molecule has 0 saturated heterocycles. The zero-order valence-corrected chi connectivity index (χ0v) is 20.5. The minimum absolute atomic E-state index is 0.252. The van der Waals surface area contributed by atoms with E-state index in [0.29, 0.717) is 17.6 Å². The van der Waals surface area contributed by atoms with Crippen LogP contribution in [0.25, 0.3) is 0 Å². The van der Waals surface area contributed by atoms with Crippen LogP contribution < -0.4 is 4.74 Å². The first-order chi connectivity index (χ1) is 14.1. The molecule has 3 atom stereocenters. The molecule has 30 heavy (non-hydrogen) atoms. The van der Waals surface area contributed by atoms with Crippen LogP contribution in [0, 0.1) is 31.6 Å². The highest BCUT2D eigenvalue weighted by atomic mass is 16.5. The summed E-state index contributed by atoms with van der Waals surface area (Å²) >= 11 is 0. The second kappa shape index (κ2) is 10.6. The Bertz CT molecular complexity index is 758. The first-order valence-electron chi connectivity index (χ1n) is 11.9. The molecule has 0 amide bonds. The van der Waals surface area contributed by atoms with E-state index in [9.17, 15) is 5.11 Å². The maximum Gasteiger partial charge on any atom is 0.126 e. The molecule has 3 unspecified atom stereocenters. The van der Waals surface area contributed by atoms with Crippen molar-refractivity contribution in [3.8, 4) is 11.5 Å². The van der Waals surface area contributed by atoms with Crippen molar-refractivity contribution in [2.75, 3.05) is 0 Å². The number of phenols is 1. The van der Waals surface area contributed by atoms with Gasteiger partial charge in [-0.25, -0.2) is 0 Å². The summed E-state index contributed by atoms with van der Waals surface area (Å²) in [7, 11) is 0. The second-order valence-corrected chi connectivity index (χ2v) is 10.2. The van der Waals surface area contributed by atoms with Crippen molar-refractivity contribution in [1.82, 2.24) is 0 Å². The lowest BCUT2D eigenvalue weighted by molar-refractivity contribution is 0.00241. The van der Waals surface area contributed by atoms with Crippen LogP contribution in [0.5, 0.6) is 11.5 Å². The molecular formula is C28H44O2. The average molecular weight is 413 g/mol. The molecule has 1 aliphatic heterocycles. The van der Waals surface area contributed by atoms with E-state index in [-0.39, 0.29) is 5.60 Å². The van der Waals surface area contributed by atoms with E-state index in [2.05, 4.69) is 53.3 Å². The van der Waals surface area contributed by atoms with Gasteiger partial charge in [0.25, 0.3) is 0 Å². The van der Waals surface area contributed by atoms with Gasteiger partial charge in [-0.1, -0.05) is 44.9 Å². The van der Waals surface area contributed by atoms with Crippen molar-refractivity contribution in [2.24, 2.45) is 17.8 Å². The van der Waals surface area contributed by atoms with Gasteiger partial charge in [-0.3, -0.25) is 0 Å². The minimum atomic E-state index is -0.252. The van der Waals surface area contributed by atoms with Crippen LogP contribution in [0.4, 0.5) is 0 Å². The Morgan fingerprint density at radius 2 is 1.97 bits per heavy atom. The summed E-state index contributed by atoms with van der Waals surface area (Å²) in [5.74, 6) is 2.95. The lowest BCUT2D eigenvalue weighted by atomic mass is 9.73. The van der Waals surface area contributed by atoms with Crippen LogP contribution in [-0.4, -0.2) is 10.7 Å². The summed E-state index contributed by atoms with van der Waals surface area (Å²) in [4.78, 5) is 0. The normalized spacial score (nSPS) is 21.1. The van der Waals surface area contributed by atoms with E-state index < -0.39 is 0 Å². The van der Waals surface area contributed by atoms with Crippen molar-refractivity contribution < 1.29 is 9.84 Å². The molecule has 1 aromatic rings. The van der Waals surface area contributed by atoms with E-state index in [1.54, 1.807) is 0 Å². The number of fused-ring (bicyclic) bond motifs is 1. The topological polar surface area (TPSA) is 29.5 Å². The molecule has 0 fully saturated rings. The number of aryl methyl sites for hydroxylation is 1. The average Bonchev–Trinajstić information content (AvgIpc) is 2.66. The Labute approximate surface area is 185 Å². The first-order valence-corrected chi connectivity index (χ1v) is 11.9. The molecule has 2 heteroatoms. The number of hydrogen-bond donors (Lipinski definition) is 1. The standard InChI is InChI=1S/C28H44O2/c1-9-25(21(5)15-11-14-20(4)13-10-12-19(2)3)28(8)17-16-24-23(7)26(29)18-22(6)27(24)30-28/h9,14,18-19,21,25,29H,1,10-13,15-17H2,2-8H3. The summed E-state index contributed by atoms with van der Waals surface area (Å²) in [6, 6.07) is 1.83. The monoisotopic (exact) mass is 412 g/mol. The fourth-order valence-corrected chi connectivity index (χ4v) is 5.02. The summed E-state index contributed by atoms with van der Waals surface area (Å²) < 4.78 is 6.67. The Hall–Kier alpha value is -1.70. The fourth-order valence-electron chi connectivity index (χ4n) is 5.02. The number of rotatable bonds is 10. The van der Waals surface area contributed by atoms with Gasteiger partial charge in [0.1, 0.15) is 17.1 Å². The molecule has 1 aromatic carbocycles. The molecule has 0 radical (unpaired) electrons. The number of allylic oxidation sites excluding steroid dienone is 2. The third kappa shape index (κ3) is 5.93. The molecule has 0 bridgehead atoms. The molecule has 1 heterocycles. The van der Waals surface area contributed by atoms with Gasteiger partial charge >= 0.3 is 0 Å². The zero-order valence-electron chi connectivity index (χ0n) is 20.5. The van der Waals surface area contributed by atoms with Crippen LogP contribution >= 0.6 is 0 Å². The molecule has 2 nitrogen and oxygen atoms in total. The Balaban J connectivity index is 2.03. The minimum Gasteiger partial charge on any atom is -0.508 e. The van der Waals surface area contributed by atoms with Crippen LogP contribution in [0.3, 0.4) is 0 Å². The van der Waals surface area contributed by atoms with E-state index in [1.165, 1.54) is 30.4 Å².